The Bertz CT molecular complexity index is 578. The molecule has 2 rings (SSSR count). The van der Waals surface area contributed by atoms with Crippen LogP contribution in [0.4, 0.5) is 8.78 Å². The molecule has 2 aromatic rings. The highest BCUT2D eigenvalue weighted by Crippen LogP contribution is 2.17. The SMILES string of the molecule is NCCN(CCc1ccccc1)Cc1cccc(OC(F)F)c1. The summed E-state index contributed by atoms with van der Waals surface area (Å²) in [5.41, 5.74) is 7.89. The quantitative estimate of drug-likeness (QED) is 0.770. The van der Waals surface area contributed by atoms with E-state index in [2.05, 4.69) is 21.8 Å². The molecule has 0 aliphatic heterocycles. The van der Waals surface area contributed by atoms with Gasteiger partial charge in [-0.2, -0.15) is 8.78 Å². The molecule has 0 aliphatic rings. The molecule has 0 atom stereocenters. The van der Waals surface area contributed by atoms with Crippen LogP contribution in [0, 0.1) is 0 Å². The predicted molar refractivity (Wildman–Crippen MR) is 87.6 cm³/mol. The molecule has 0 heterocycles. The van der Waals surface area contributed by atoms with Crippen molar-refractivity contribution in [2.45, 2.75) is 19.6 Å². The number of alkyl halides is 2. The Kier molecular flexibility index (Phi) is 6.97. The number of hydrogen-bond donors (Lipinski definition) is 1. The Hall–Kier alpha value is -1.98. The van der Waals surface area contributed by atoms with Crippen LogP contribution in [0.5, 0.6) is 5.75 Å². The summed E-state index contributed by atoms with van der Waals surface area (Å²) in [5.74, 6) is 0.188. The fraction of sp³-hybridized carbons (Fsp3) is 0.333. The Labute approximate surface area is 135 Å². The van der Waals surface area contributed by atoms with Crippen LogP contribution < -0.4 is 10.5 Å². The van der Waals surface area contributed by atoms with Gasteiger partial charge in [0.05, 0.1) is 0 Å². The van der Waals surface area contributed by atoms with Crippen LogP contribution in [-0.2, 0) is 13.0 Å². The summed E-state index contributed by atoms with van der Waals surface area (Å²) in [4.78, 5) is 2.22. The molecule has 2 N–H and O–H groups in total. The van der Waals surface area contributed by atoms with Gasteiger partial charge in [0.25, 0.3) is 0 Å². The highest BCUT2D eigenvalue weighted by Gasteiger charge is 2.08. The van der Waals surface area contributed by atoms with E-state index < -0.39 is 6.61 Å². The fourth-order valence-electron chi connectivity index (χ4n) is 2.46. The zero-order valence-electron chi connectivity index (χ0n) is 13.0. The van der Waals surface area contributed by atoms with Crippen molar-refractivity contribution < 1.29 is 13.5 Å². The number of hydrogen-bond acceptors (Lipinski definition) is 3. The second-order valence-electron chi connectivity index (χ2n) is 5.33. The molecule has 0 radical (unpaired) electrons. The average Bonchev–Trinajstić information content (AvgIpc) is 2.53. The van der Waals surface area contributed by atoms with Gasteiger partial charge in [-0.1, -0.05) is 42.5 Å². The van der Waals surface area contributed by atoms with E-state index in [0.717, 1.165) is 25.1 Å². The second kappa shape index (κ2) is 9.22. The molecule has 0 amide bonds. The van der Waals surface area contributed by atoms with E-state index in [1.54, 1.807) is 12.1 Å². The number of ether oxygens (including phenoxy) is 1. The van der Waals surface area contributed by atoms with Gasteiger partial charge >= 0.3 is 6.61 Å². The van der Waals surface area contributed by atoms with E-state index >= 15 is 0 Å². The number of rotatable bonds is 9. The maximum atomic E-state index is 12.3. The number of nitrogens with two attached hydrogens (primary N) is 1. The Morgan fingerprint density at radius 2 is 1.70 bits per heavy atom. The molecule has 0 spiro atoms. The van der Waals surface area contributed by atoms with Crippen LogP contribution in [0.3, 0.4) is 0 Å². The van der Waals surface area contributed by atoms with E-state index in [-0.39, 0.29) is 5.75 Å². The molecule has 3 nitrogen and oxygen atoms in total. The minimum absolute atomic E-state index is 0.188. The van der Waals surface area contributed by atoms with E-state index in [0.29, 0.717) is 13.1 Å². The van der Waals surface area contributed by atoms with Crippen molar-refractivity contribution in [2.24, 2.45) is 5.73 Å². The highest BCUT2D eigenvalue weighted by atomic mass is 19.3. The molecule has 0 saturated heterocycles. The second-order valence-corrected chi connectivity index (χ2v) is 5.33. The summed E-state index contributed by atoms with van der Waals surface area (Å²) in [6.07, 6.45) is 0.925. The number of nitrogens with zero attached hydrogens (tertiary/aromatic N) is 1. The van der Waals surface area contributed by atoms with Crippen LogP contribution in [0.2, 0.25) is 0 Å². The van der Waals surface area contributed by atoms with Gasteiger partial charge in [0.15, 0.2) is 0 Å². The van der Waals surface area contributed by atoms with Crippen LogP contribution in [0.1, 0.15) is 11.1 Å². The van der Waals surface area contributed by atoms with Crippen LogP contribution in [0.25, 0.3) is 0 Å². The van der Waals surface area contributed by atoms with Gasteiger partial charge < -0.3 is 10.5 Å². The van der Waals surface area contributed by atoms with E-state index in [9.17, 15) is 8.78 Å². The van der Waals surface area contributed by atoms with Crippen molar-refractivity contribution >= 4 is 0 Å². The predicted octanol–water partition coefficient (Wildman–Crippen LogP) is 3.29. The first-order valence-electron chi connectivity index (χ1n) is 7.67. The summed E-state index contributed by atoms with van der Waals surface area (Å²) < 4.78 is 29.0. The standard InChI is InChI=1S/C18H22F2N2O/c19-18(20)23-17-8-4-7-16(13-17)14-22(12-10-21)11-9-15-5-2-1-3-6-15/h1-8,13,18H,9-12,14,21H2. The highest BCUT2D eigenvalue weighted by molar-refractivity contribution is 5.28. The van der Waals surface area contributed by atoms with Gasteiger partial charge in [0, 0.05) is 26.2 Å². The van der Waals surface area contributed by atoms with Gasteiger partial charge in [-0.15, -0.1) is 0 Å². The lowest BCUT2D eigenvalue weighted by molar-refractivity contribution is -0.0499. The maximum absolute atomic E-state index is 12.3. The minimum Gasteiger partial charge on any atom is -0.435 e. The summed E-state index contributed by atoms with van der Waals surface area (Å²) in [6.45, 7) is 0.0314. The first-order chi connectivity index (χ1) is 11.2. The third-order valence-corrected chi connectivity index (χ3v) is 3.53. The zero-order chi connectivity index (χ0) is 16.5. The van der Waals surface area contributed by atoms with Crippen molar-refractivity contribution in [3.63, 3.8) is 0 Å². The van der Waals surface area contributed by atoms with Crippen LogP contribution >= 0.6 is 0 Å². The van der Waals surface area contributed by atoms with Crippen molar-refractivity contribution in [3.8, 4) is 5.75 Å². The van der Waals surface area contributed by atoms with Crippen LogP contribution in [-0.4, -0.2) is 31.1 Å². The lowest BCUT2D eigenvalue weighted by Gasteiger charge is -2.22. The summed E-state index contributed by atoms with van der Waals surface area (Å²) in [6, 6.07) is 17.0. The third-order valence-electron chi connectivity index (χ3n) is 3.53. The first kappa shape index (κ1) is 17.4. The van der Waals surface area contributed by atoms with Gasteiger partial charge in [-0.3, -0.25) is 4.90 Å². The summed E-state index contributed by atoms with van der Waals surface area (Å²) >= 11 is 0. The van der Waals surface area contributed by atoms with Gasteiger partial charge in [-0.25, -0.2) is 0 Å². The molecule has 0 aromatic heterocycles. The fourth-order valence-corrected chi connectivity index (χ4v) is 2.46. The Balaban J connectivity index is 1.95. The number of halogens is 2. The largest absolute Gasteiger partial charge is 0.435 e. The summed E-state index contributed by atoms with van der Waals surface area (Å²) in [5, 5.41) is 0. The summed E-state index contributed by atoms with van der Waals surface area (Å²) in [7, 11) is 0. The van der Waals surface area contributed by atoms with Crippen molar-refractivity contribution in [3.05, 3.63) is 65.7 Å². The molecule has 0 saturated carbocycles. The lowest BCUT2D eigenvalue weighted by Crippen LogP contribution is -2.31. The molecule has 0 aliphatic carbocycles. The molecule has 124 valence electrons. The molecule has 23 heavy (non-hydrogen) atoms. The van der Waals surface area contributed by atoms with Gasteiger partial charge in [0.1, 0.15) is 5.75 Å². The Morgan fingerprint density at radius 1 is 0.957 bits per heavy atom. The average molecular weight is 320 g/mol. The maximum Gasteiger partial charge on any atom is 0.387 e. The normalized spacial score (nSPS) is 11.2. The zero-order valence-corrected chi connectivity index (χ0v) is 13.0. The molecule has 2 aromatic carbocycles. The molecule has 0 bridgehead atoms. The van der Waals surface area contributed by atoms with Gasteiger partial charge in [0.2, 0.25) is 0 Å². The third kappa shape index (κ3) is 6.34. The monoisotopic (exact) mass is 320 g/mol. The van der Waals surface area contributed by atoms with E-state index in [1.165, 1.54) is 11.6 Å². The van der Waals surface area contributed by atoms with Crippen molar-refractivity contribution in [1.29, 1.82) is 0 Å². The van der Waals surface area contributed by atoms with E-state index in [1.807, 2.05) is 24.3 Å². The molecule has 0 fully saturated rings. The molecular weight excluding hydrogens is 298 g/mol. The molecule has 0 unspecified atom stereocenters. The van der Waals surface area contributed by atoms with Crippen LogP contribution in [0.15, 0.2) is 54.6 Å². The van der Waals surface area contributed by atoms with Crippen molar-refractivity contribution in [1.82, 2.24) is 4.90 Å². The first-order valence-corrected chi connectivity index (χ1v) is 7.67. The topological polar surface area (TPSA) is 38.5 Å². The van der Waals surface area contributed by atoms with Gasteiger partial charge in [-0.05, 0) is 29.7 Å². The van der Waals surface area contributed by atoms with E-state index in [4.69, 9.17) is 5.73 Å². The smallest absolute Gasteiger partial charge is 0.387 e. The van der Waals surface area contributed by atoms with Crippen molar-refractivity contribution in [2.75, 3.05) is 19.6 Å². The number of benzene rings is 2. The minimum atomic E-state index is -2.80. The molecular formula is C18H22F2N2O. The molecule has 5 heteroatoms. The lowest BCUT2D eigenvalue weighted by atomic mass is 10.1. The Morgan fingerprint density at radius 3 is 2.39 bits per heavy atom.